The molecule has 1 aliphatic rings. The Balaban J connectivity index is 1.45. The molecule has 2 aromatic carbocycles. The molecule has 1 aromatic heterocycles. The van der Waals surface area contributed by atoms with E-state index in [1.807, 2.05) is 29.6 Å². The lowest BCUT2D eigenvalue weighted by Gasteiger charge is -2.33. The molecule has 2 heterocycles. The second-order valence-electron chi connectivity index (χ2n) is 6.59. The van der Waals surface area contributed by atoms with Gasteiger partial charge < -0.3 is 9.64 Å². The highest BCUT2D eigenvalue weighted by atomic mass is 79.9. The third kappa shape index (κ3) is 4.32. The largest absolute Gasteiger partial charge is 0.497 e. The Labute approximate surface area is 182 Å². The van der Waals surface area contributed by atoms with Crippen LogP contribution in [0.1, 0.15) is 0 Å². The first-order valence-electron chi connectivity index (χ1n) is 9.08. The van der Waals surface area contributed by atoms with Crippen LogP contribution >= 0.6 is 27.3 Å². The smallest absolute Gasteiger partial charge is 0.243 e. The van der Waals surface area contributed by atoms with E-state index in [1.54, 1.807) is 47.0 Å². The van der Waals surface area contributed by atoms with Crippen LogP contribution in [0.4, 0.5) is 5.13 Å². The zero-order chi connectivity index (χ0) is 20.4. The third-order valence-electron chi connectivity index (χ3n) is 4.82. The molecule has 0 aliphatic carbocycles. The van der Waals surface area contributed by atoms with Crippen LogP contribution in [0, 0.1) is 0 Å². The highest BCUT2D eigenvalue weighted by Crippen LogP contribution is 2.30. The summed E-state index contributed by atoms with van der Waals surface area (Å²) in [6.07, 6.45) is 0. The van der Waals surface area contributed by atoms with Gasteiger partial charge in [-0.25, -0.2) is 13.4 Å². The molecular formula is C20H20BrN3O3S2. The normalized spacial score (nSPS) is 15.4. The van der Waals surface area contributed by atoms with Crippen LogP contribution in [-0.2, 0) is 10.0 Å². The molecule has 0 N–H and O–H groups in total. The minimum Gasteiger partial charge on any atom is -0.497 e. The Bertz CT molecular complexity index is 1090. The number of anilines is 1. The standard InChI is InChI=1S/C20H20BrN3O3S2/c1-27-17-4-2-3-15(13-17)19-14-28-20(22-19)23-9-11-24(12-10-23)29(25,26)18-7-5-16(21)6-8-18/h2-8,13-14H,9-12H2,1H3. The minimum absolute atomic E-state index is 0.323. The second kappa shape index (κ2) is 8.43. The van der Waals surface area contributed by atoms with Crippen molar-refractivity contribution in [2.75, 3.05) is 38.2 Å². The molecule has 1 aliphatic heterocycles. The van der Waals surface area contributed by atoms with Gasteiger partial charge in [0.1, 0.15) is 5.75 Å². The van der Waals surface area contributed by atoms with Crippen LogP contribution in [0.3, 0.4) is 0 Å². The van der Waals surface area contributed by atoms with E-state index < -0.39 is 10.0 Å². The van der Waals surface area contributed by atoms with E-state index in [1.165, 1.54) is 0 Å². The van der Waals surface area contributed by atoms with Crippen molar-refractivity contribution in [1.82, 2.24) is 9.29 Å². The maximum Gasteiger partial charge on any atom is 0.243 e. The first-order valence-corrected chi connectivity index (χ1v) is 12.2. The van der Waals surface area contributed by atoms with E-state index in [4.69, 9.17) is 9.72 Å². The monoisotopic (exact) mass is 493 g/mol. The summed E-state index contributed by atoms with van der Waals surface area (Å²) < 4.78 is 33.4. The average Bonchev–Trinajstić information content (AvgIpc) is 3.24. The summed E-state index contributed by atoms with van der Waals surface area (Å²) in [6, 6.07) is 14.6. The predicted molar refractivity (Wildman–Crippen MR) is 119 cm³/mol. The van der Waals surface area contributed by atoms with Crippen LogP contribution in [-0.4, -0.2) is 51.0 Å². The lowest BCUT2D eigenvalue weighted by atomic mass is 10.2. The van der Waals surface area contributed by atoms with Crippen LogP contribution in [0.25, 0.3) is 11.3 Å². The molecule has 3 aromatic rings. The predicted octanol–water partition coefficient (Wildman–Crippen LogP) is 4.09. The number of ether oxygens (including phenoxy) is 1. The van der Waals surface area contributed by atoms with Crippen LogP contribution in [0.15, 0.2) is 63.3 Å². The van der Waals surface area contributed by atoms with E-state index in [0.29, 0.717) is 31.1 Å². The minimum atomic E-state index is -3.47. The highest BCUT2D eigenvalue weighted by Gasteiger charge is 2.29. The van der Waals surface area contributed by atoms with Gasteiger partial charge >= 0.3 is 0 Å². The third-order valence-corrected chi connectivity index (χ3v) is 8.16. The van der Waals surface area contributed by atoms with Gasteiger partial charge in [-0.3, -0.25) is 0 Å². The van der Waals surface area contributed by atoms with Gasteiger partial charge in [0.2, 0.25) is 10.0 Å². The molecule has 0 saturated carbocycles. The summed E-state index contributed by atoms with van der Waals surface area (Å²) in [5, 5.41) is 2.93. The molecule has 9 heteroatoms. The van der Waals surface area contributed by atoms with Crippen molar-refractivity contribution in [1.29, 1.82) is 0 Å². The van der Waals surface area contributed by atoms with Crippen molar-refractivity contribution in [3.8, 4) is 17.0 Å². The Morgan fingerprint density at radius 1 is 1.07 bits per heavy atom. The molecule has 1 fully saturated rings. The summed E-state index contributed by atoms with van der Waals surface area (Å²) in [5.74, 6) is 0.795. The van der Waals surface area contributed by atoms with Crippen LogP contribution < -0.4 is 9.64 Å². The maximum atomic E-state index is 12.9. The fraction of sp³-hybridized carbons (Fsp3) is 0.250. The molecule has 0 spiro atoms. The molecule has 1 saturated heterocycles. The van der Waals surface area contributed by atoms with E-state index in [-0.39, 0.29) is 0 Å². The van der Waals surface area contributed by atoms with Crippen molar-refractivity contribution in [3.05, 3.63) is 58.4 Å². The zero-order valence-corrected chi connectivity index (χ0v) is 19.0. The topological polar surface area (TPSA) is 62.7 Å². The van der Waals surface area contributed by atoms with Gasteiger partial charge in [0.05, 0.1) is 17.7 Å². The maximum absolute atomic E-state index is 12.9. The van der Waals surface area contributed by atoms with Gasteiger partial charge in [0.25, 0.3) is 0 Å². The number of hydrogen-bond donors (Lipinski definition) is 0. The van der Waals surface area contributed by atoms with E-state index in [2.05, 4.69) is 20.8 Å². The van der Waals surface area contributed by atoms with Gasteiger partial charge in [-0.05, 0) is 36.4 Å². The van der Waals surface area contributed by atoms with Crippen molar-refractivity contribution >= 4 is 42.4 Å². The Morgan fingerprint density at radius 2 is 1.79 bits per heavy atom. The summed E-state index contributed by atoms with van der Waals surface area (Å²) in [4.78, 5) is 7.21. The van der Waals surface area contributed by atoms with E-state index in [9.17, 15) is 8.42 Å². The second-order valence-corrected chi connectivity index (χ2v) is 10.3. The number of benzene rings is 2. The number of sulfonamides is 1. The lowest BCUT2D eigenvalue weighted by molar-refractivity contribution is 0.385. The number of thiazole rings is 1. The molecule has 0 bridgehead atoms. The summed E-state index contributed by atoms with van der Waals surface area (Å²) in [6.45, 7) is 2.10. The van der Waals surface area contributed by atoms with Gasteiger partial charge in [-0.1, -0.05) is 28.1 Å². The molecule has 152 valence electrons. The Kier molecular flexibility index (Phi) is 5.91. The lowest BCUT2D eigenvalue weighted by Crippen LogP contribution is -2.48. The number of rotatable bonds is 5. The molecule has 0 radical (unpaired) electrons. The van der Waals surface area contributed by atoms with Crippen molar-refractivity contribution < 1.29 is 13.2 Å². The molecule has 0 atom stereocenters. The Morgan fingerprint density at radius 3 is 2.48 bits per heavy atom. The molecule has 4 rings (SSSR count). The van der Waals surface area contributed by atoms with E-state index >= 15 is 0 Å². The van der Waals surface area contributed by atoms with Crippen molar-refractivity contribution in [3.63, 3.8) is 0 Å². The molecule has 6 nitrogen and oxygen atoms in total. The fourth-order valence-electron chi connectivity index (χ4n) is 3.20. The van der Waals surface area contributed by atoms with Gasteiger partial charge in [-0.15, -0.1) is 11.3 Å². The van der Waals surface area contributed by atoms with Gasteiger partial charge in [-0.2, -0.15) is 4.31 Å². The zero-order valence-electron chi connectivity index (χ0n) is 15.8. The molecule has 29 heavy (non-hydrogen) atoms. The number of piperazine rings is 1. The van der Waals surface area contributed by atoms with Gasteiger partial charge in [0, 0.05) is 41.6 Å². The van der Waals surface area contributed by atoms with Crippen molar-refractivity contribution in [2.45, 2.75) is 4.90 Å². The Hall–Kier alpha value is -1.94. The molecule has 0 unspecified atom stereocenters. The highest BCUT2D eigenvalue weighted by molar-refractivity contribution is 9.10. The first kappa shape index (κ1) is 20.3. The quantitative estimate of drug-likeness (QED) is 0.535. The number of methoxy groups -OCH3 is 1. The number of aromatic nitrogens is 1. The average molecular weight is 494 g/mol. The summed E-state index contributed by atoms with van der Waals surface area (Å²) in [7, 11) is -1.83. The number of hydrogen-bond acceptors (Lipinski definition) is 6. The van der Waals surface area contributed by atoms with Crippen LogP contribution in [0.2, 0.25) is 0 Å². The first-order chi connectivity index (χ1) is 14.0. The molecule has 0 amide bonds. The van der Waals surface area contributed by atoms with Crippen LogP contribution in [0.5, 0.6) is 5.75 Å². The van der Waals surface area contributed by atoms with Crippen molar-refractivity contribution in [2.24, 2.45) is 0 Å². The number of nitrogens with zero attached hydrogens (tertiary/aromatic N) is 3. The summed E-state index contributed by atoms with van der Waals surface area (Å²) in [5.41, 5.74) is 1.90. The van der Waals surface area contributed by atoms with E-state index in [0.717, 1.165) is 26.6 Å². The molecular weight excluding hydrogens is 474 g/mol. The van der Waals surface area contributed by atoms with Gasteiger partial charge in [0.15, 0.2) is 5.13 Å². The number of halogens is 1. The fourth-order valence-corrected chi connectivity index (χ4v) is 5.77. The summed E-state index contributed by atoms with van der Waals surface area (Å²) >= 11 is 4.91. The SMILES string of the molecule is COc1cccc(-c2csc(N3CCN(S(=O)(=O)c4ccc(Br)cc4)CC3)n2)c1.